The molecule has 0 fully saturated rings. The SMILES string of the molecule is Cc1nc2c(n1Cc1cccc([N+](=O)[O-])c1)CCCC2. The highest BCUT2D eigenvalue weighted by atomic mass is 16.6. The van der Waals surface area contributed by atoms with Crippen LogP contribution in [-0.2, 0) is 19.4 Å². The van der Waals surface area contributed by atoms with E-state index in [-0.39, 0.29) is 10.6 Å². The Balaban J connectivity index is 1.93. The first-order valence-electron chi connectivity index (χ1n) is 6.93. The van der Waals surface area contributed by atoms with E-state index in [4.69, 9.17) is 0 Å². The molecule has 5 nitrogen and oxygen atoms in total. The lowest BCUT2D eigenvalue weighted by atomic mass is 10.0. The summed E-state index contributed by atoms with van der Waals surface area (Å²) in [6, 6.07) is 6.85. The molecule has 2 aromatic rings. The Morgan fingerprint density at radius 1 is 1.35 bits per heavy atom. The summed E-state index contributed by atoms with van der Waals surface area (Å²) in [5.41, 5.74) is 3.61. The Labute approximate surface area is 117 Å². The van der Waals surface area contributed by atoms with E-state index in [0.717, 1.165) is 24.2 Å². The van der Waals surface area contributed by atoms with Gasteiger partial charge in [-0.05, 0) is 38.2 Å². The zero-order valence-corrected chi connectivity index (χ0v) is 11.5. The lowest BCUT2D eigenvalue weighted by Gasteiger charge is -2.14. The minimum absolute atomic E-state index is 0.147. The maximum atomic E-state index is 10.8. The maximum Gasteiger partial charge on any atom is 0.269 e. The van der Waals surface area contributed by atoms with E-state index < -0.39 is 0 Å². The molecule has 0 saturated heterocycles. The number of hydrogen-bond acceptors (Lipinski definition) is 3. The van der Waals surface area contributed by atoms with Crippen LogP contribution in [0.5, 0.6) is 0 Å². The second-order valence-electron chi connectivity index (χ2n) is 5.27. The number of nitro groups is 1. The van der Waals surface area contributed by atoms with Crippen molar-refractivity contribution in [2.75, 3.05) is 0 Å². The fraction of sp³-hybridized carbons (Fsp3) is 0.400. The van der Waals surface area contributed by atoms with Gasteiger partial charge < -0.3 is 4.57 Å². The lowest BCUT2D eigenvalue weighted by molar-refractivity contribution is -0.384. The van der Waals surface area contributed by atoms with Crippen LogP contribution in [0.3, 0.4) is 0 Å². The van der Waals surface area contributed by atoms with Crippen molar-refractivity contribution in [3.05, 3.63) is 57.2 Å². The van der Waals surface area contributed by atoms with Crippen LogP contribution in [0.25, 0.3) is 0 Å². The molecular weight excluding hydrogens is 254 g/mol. The number of nitro benzene ring substituents is 1. The average Bonchev–Trinajstić information content (AvgIpc) is 2.76. The number of rotatable bonds is 3. The molecule has 3 rings (SSSR count). The van der Waals surface area contributed by atoms with Crippen molar-refractivity contribution in [3.8, 4) is 0 Å². The summed E-state index contributed by atoms with van der Waals surface area (Å²) in [6.07, 6.45) is 4.52. The Morgan fingerprint density at radius 2 is 2.15 bits per heavy atom. The van der Waals surface area contributed by atoms with Crippen LogP contribution in [0, 0.1) is 17.0 Å². The van der Waals surface area contributed by atoms with Crippen molar-refractivity contribution < 1.29 is 4.92 Å². The van der Waals surface area contributed by atoms with E-state index in [0.29, 0.717) is 6.54 Å². The van der Waals surface area contributed by atoms with E-state index in [1.54, 1.807) is 12.1 Å². The first-order chi connectivity index (χ1) is 9.65. The van der Waals surface area contributed by atoms with Crippen molar-refractivity contribution in [2.24, 2.45) is 0 Å². The summed E-state index contributed by atoms with van der Waals surface area (Å²) >= 11 is 0. The number of hydrogen-bond donors (Lipinski definition) is 0. The van der Waals surface area contributed by atoms with E-state index in [1.807, 2.05) is 13.0 Å². The second-order valence-corrected chi connectivity index (χ2v) is 5.27. The molecule has 0 saturated carbocycles. The molecule has 0 radical (unpaired) electrons. The van der Waals surface area contributed by atoms with Crippen LogP contribution < -0.4 is 0 Å². The monoisotopic (exact) mass is 271 g/mol. The minimum Gasteiger partial charge on any atom is -0.328 e. The minimum atomic E-state index is -0.347. The number of aromatic nitrogens is 2. The molecule has 5 heteroatoms. The highest BCUT2D eigenvalue weighted by Crippen LogP contribution is 2.23. The van der Waals surface area contributed by atoms with Crippen molar-refractivity contribution in [3.63, 3.8) is 0 Å². The topological polar surface area (TPSA) is 61.0 Å². The van der Waals surface area contributed by atoms with Crippen molar-refractivity contribution in [1.82, 2.24) is 9.55 Å². The first-order valence-corrected chi connectivity index (χ1v) is 6.93. The van der Waals surface area contributed by atoms with Gasteiger partial charge in [0.2, 0.25) is 0 Å². The van der Waals surface area contributed by atoms with Crippen LogP contribution in [0.2, 0.25) is 0 Å². The molecule has 104 valence electrons. The zero-order valence-electron chi connectivity index (χ0n) is 11.5. The van der Waals surface area contributed by atoms with Gasteiger partial charge in [-0.2, -0.15) is 0 Å². The smallest absolute Gasteiger partial charge is 0.269 e. The van der Waals surface area contributed by atoms with E-state index >= 15 is 0 Å². The number of fused-ring (bicyclic) bond motifs is 1. The molecule has 1 heterocycles. The van der Waals surface area contributed by atoms with Crippen LogP contribution >= 0.6 is 0 Å². The highest BCUT2D eigenvalue weighted by Gasteiger charge is 2.18. The van der Waals surface area contributed by atoms with E-state index in [1.165, 1.54) is 30.3 Å². The molecule has 0 atom stereocenters. The normalized spacial score (nSPS) is 14.1. The predicted molar refractivity (Wildman–Crippen MR) is 75.8 cm³/mol. The third kappa shape index (κ3) is 2.31. The van der Waals surface area contributed by atoms with E-state index in [9.17, 15) is 10.1 Å². The third-order valence-electron chi connectivity index (χ3n) is 3.89. The van der Waals surface area contributed by atoms with Crippen LogP contribution in [0.4, 0.5) is 5.69 Å². The molecular formula is C15H17N3O2. The van der Waals surface area contributed by atoms with Crippen LogP contribution in [0.1, 0.15) is 35.6 Å². The number of imidazole rings is 1. The fourth-order valence-corrected chi connectivity index (χ4v) is 2.90. The Morgan fingerprint density at radius 3 is 2.95 bits per heavy atom. The van der Waals surface area contributed by atoms with Gasteiger partial charge in [0.1, 0.15) is 5.82 Å². The molecule has 0 unspecified atom stereocenters. The van der Waals surface area contributed by atoms with Gasteiger partial charge in [-0.1, -0.05) is 12.1 Å². The Kier molecular flexibility index (Phi) is 3.26. The van der Waals surface area contributed by atoms with Crippen LogP contribution in [0.15, 0.2) is 24.3 Å². The molecule has 0 amide bonds. The zero-order chi connectivity index (χ0) is 14.1. The summed E-state index contributed by atoms with van der Waals surface area (Å²) in [7, 11) is 0. The van der Waals surface area contributed by atoms with Gasteiger partial charge in [-0.15, -0.1) is 0 Å². The maximum absolute atomic E-state index is 10.8. The third-order valence-corrected chi connectivity index (χ3v) is 3.89. The quantitative estimate of drug-likeness (QED) is 0.636. The van der Waals surface area contributed by atoms with Crippen molar-refractivity contribution in [2.45, 2.75) is 39.2 Å². The number of benzene rings is 1. The Hall–Kier alpha value is -2.17. The van der Waals surface area contributed by atoms with Gasteiger partial charge in [0, 0.05) is 24.4 Å². The second kappa shape index (κ2) is 5.07. The molecule has 0 aliphatic heterocycles. The molecule has 0 bridgehead atoms. The average molecular weight is 271 g/mol. The molecule has 20 heavy (non-hydrogen) atoms. The molecule has 0 spiro atoms. The molecule has 0 N–H and O–H groups in total. The predicted octanol–water partition coefficient (Wildman–Crippen LogP) is 3.03. The van der Waals surface area contributed by atoms with Gasteiger partial charge in [0.25, 0.3) is 5.69 Å². The van der Waals surface area contributed by atoms with Crippen molar-refractivity contribution in [1.29, 1.82) is 0 Å². The number of nitrogens with zero attached hydrogens (tertiary/aromatic N) is 3. The van der Waals surface area contributed by atoms with Gasteiger partial charge >= 0.3 is 0 Å². The highest BCUT2D eigenvalue weighted by molar-refractivity contribution is 5.35. The largest absolute Gasteiger partial charge is 0.328 e. The molecule has 1 aromatic heterocycles. The summed E-state index contributed by atoms with van der Waals surface area (Å²) in [5.74, 6) is 1.00. The number of non-ortho nitro benzene ring substituents is 1. The molecule has 1 aromatic carbocycles. The lowest BCUT2D eigenvalue weighted by Crippen LogP contribution is -2.10. The van der Waals surface area contributed by atoms with Gasteiger partial charge in [0.15, 0.2) is 0 Å². The van der Waals surface area contributed by atoms with Crippen LogP contribution in [-0.4, -0.2) is 14.5 Å². The Bertz CT molecular complexity index is 661. The van der Waals surface area contributed by atoms with Gasteiger partial charge in [0.05, 0.1) is 10.6 Å². The van der Waals surface area contributed by atoms with Gasteiger partial charge in [-0.3, -0.25) is 10.1 Å². The summed E-state index contributed by atoms with van der Waals surface area (Å²) in [5, 5.41) is 10.8. The number of aryl methyl sites for hydroxylation is 2. The standard InChI is InChI=1S/C15H17N3O2/c1-11-16-14-7-2-3-8-15(14)17(11)10-12-5-4-6-13(9-12)18(19)20/h4-6,9H,2-3,7-8,10H2,1H3. The molecule has 1 aliphatic rings. The summed E-state index contributed by atoms with van der Waals surface area (Å²) in [4.78, 5) is 15.1. The van der Waals surface area contributed by atoms with Gasteiger partial charge in [-0.25, -0.2) is 4.98 Å². The van der Waals surface area contributed by atoms with Crippen molar-refractivity contribution >= 4 is 5.69 Å². The molecule has 1 aliphatic carbocycles. The summed E-state index contributed by atoms with van der Waals surface area (Å²) < 4.78 is 2.20. The fourth-order valence-electron chi connectivity index (χ4n) is 2.90. The summed E-state index contributed by atoms with van der Waals surface area (Å²) in [6.45, 7) is 2.67. The van der Waals surface area contributed by atoms with E-state index in [2.05, 4.69) is 9.55 Å². The first kappa shape index (κ1) is 12.8.